The first-order valence-electron chi connectivity index (χ1n) is 8.42. The first-order valence-corrected chi connectivity index (χ1v) is 8.42. The molecule has 0 radical (unpaired) electrons. The third kappa shape index (κ3) is 15.1. The van der Waals surface area contributed by atoms with Gasteiger partial charge in [0, 0.05) is 6.42 Å². The van der Waals surface area contributed by atoms with Crippen LogP contribution in [-0.4, -0.2) is 68.1 Å². The van der Waals surface area contributed by atoms with Crippen molar-refractivity contribution >= 4 is 0 Å². The number of hydrogen-bond acceptors (Lipinski definition) is 4. The molecule has 0 rings (SSSR count). The van der Waals surface area contributed by atoms with Crippen LogP contribution < -0.4 is 0 Å². The molecule has 4 nitrogen and oxygen atoms in total. The van der Waals surface area contributed by atoms with Gasteiger partial charge >= 0.3 is 0 Å². The minimum Gasteiger partial charge on any atom is -0.391 e. The summed E-state index contributed by atoms with van der Waals surface area (Å²) in [5, 5.41) is 19.2. The van der Waals surface area contributed by atoms with Gasteiger partial charge in [0.2, 0.25) is 0 Å². The lowest BCUT2D eigenvalue weighted by Gasteiger charge is -2.18. The smallest absolute Gasteiger partial charge is 0.270 e. The highest BCUT2D eigenvalue weighted by Crippen LogP contribution is 2.22. The molecule has 0 fully saturated rings. The summed E-state index contributed by atoms with van der Waals surface area (Å²) in [4.78, 5) is 0. The van der Waals surface area contributed by atoms with E-state index in [4.69, 9.17) is 9.47 Å². The molecule has 2 N–H and O–H groups in total. The Balaban J connectivity index is 3.57. The molecule has 8 heteroatoms. The van der Waals surface area contributed by atoms with Crippen LogP contribution in [0.15, 0.2) is 0 Å². The number of alkyl halides is 4. The Morgan fingerprint density at radius 2 is 1.38 bits per heavy atom. The Kier molecular flexibility index (Phi) is 14.6. The molecule has 24 heavy (non-hydrogen) atoms. The lowest BCUT2D eigenvalue weighted by molar-refractivity contribution is -0.0973. The van der Waals surface area contributed by atoms with E-state index in [1.165, 1.54) is 0 Å². The van der Waals surface area contributed by atoms with Gasteiger partial charge in [-0.1, -0.05) is 12.8 Å². The van der Waals surface area contributed by atoms with Gasteiger partial charge in [-0.3, -0.25) is 4.39 Å². The standard InChI is InChI=1S/C16H30F4O4/c17-8-4-3-7-16(19,20)13-24-12-15(22)6-2-1-5-14(21)11-23-10-9-18/h14-15,21-22H,1-13H2. The molecule has 0 aliphatic rings. The summed E-state index contributed by atoms with van der Waals surface area (Å²) in [7, 11) is 0. The molecular formula is C16H30F4O4. The molecule has 0 aromatic heterocycles. The van der Waals surface area contributed by atoms with Crippen molar-refractivity contribution in [3.63, 3.8) is 0 Å². The number of aliphatic hydroxyl groups excluding tert-OH is 2. The van der Waals surface area contributed by atoms with E-state index in [1.807, 2.05) is 0 Å². The number of unbranched alkanes of at least 4 members (excludes halogenated alkanes) is 2. The Bertz CT molecular complexity index is 283. The largest absolute Gasteiger partial charge is 0.391 e. The van der Waals surface area contributed by atoms with Gasteiger partial charge < -0.3 is 19.7 Å². The van der Waals surface area contributed by atoms with E-state index in [0.717, 1.165) is 0 Å². The molecule has 0 amide bonds. The summed E-state index contributed by atoms with van der Waals surface area (Å²) in [5.41, 5.74) is 0. The van der Waals surface area contributed by atoms with Gasteiger partial charge in [0.1, 0.15) is 13.3 Å². The zero-order valence-electron chi connectivity index (χ0n) is 14.1. The number of halogens is 4. The van der Waals surface area contributed by atoms with Crippen LogP contribution in [0.25, 0.3) is 0 Å². The molecular weight excluding hydrogens is 332 g/mol. The predicted octanol–water partition coefficient (Wildman–Crippen LogP) is 3.05. The summed E-state index contributed by atoms with van der Waals surface area (Å²) in [6, 6.07) is 0. The van der Waals surface area contributed by atoms with Gasteiger partial charge in [-0.2, -0.15) is 0 Å². The predicted molar refractivity (Wildman–Crippen MR) is 82.9 cm³/mol. The monoisotopic (exact) mass is 362 g/mol. The van der Waals surface area contributed by atoms with Gasteiger partial charge in [0.25, 0.3) is 5.92 Å². The van der Waals surface area contributed by atoms with Gasteiger partial charge in [0.15, 0.2) is 0 Å². The summed E-state index contributed by atoms with van der Waals surface area (Å²) < 4.78 is 60.0. The summed E-state index contributed by atoms with van der Waals surface area (Å²) >= 11 is 0. The molecule has 0 aromatic carbocycles. The molecule has 0 spiro atoms. The maximum atomic E-state index is 13.3. The van der Waals surface area contributed by atoms with E-state index in [9.17, 15) is 27.8 Å². The summed E-state index contributed by atoms with van der Waals surface area (Å²) in [6.07, 6.45) is 0.372. The van der Waals surface area contributed by atoms with Crippen molar-refractivity contribution in [1.82, 2.24) is 0 Å². The fourth-order valence-electron chi connectivity index (χ4n) is 2.10. The van der Waals surface area contributed by atoms with E-state index in [0.29, 0.717) is 25.7 Å². The highest BCUT2D eigenvalue weighted by atomic mass is 19.3. The zero-order valence-corrected chi connectivity index (χ0v) is 14.1. The van der Waals surface area contributed by atoms with Crippen LogP contribution in [0.2, 0.25) is 0 Å². The van der Waals surface area contributed by atoms with Crippen molar-refractivity contribution in [2.24, 2.45) is 0 Å². The third-order valence-electron chi connectivity index (χ3n) is 3.41. The average molecular weight is 362 g/mol. The molecule has 0 saturated carbocycles. The van der Waals surface area contributed by atoms with Gasteiger partial charge in [-0.25, -0.2) is 13.2 Å². The Hall–Kier alpha value is -0.440. The van der Waals surface area contributed by atoms with Gasteiger partial charge in [-0.05, 0) is 25.7 Å². The van der Waals surface area contributed by atoms with E-state index in [-0.39, 0.29) is 32.7 Å². The van der Waals surface area contributed by atoms with Crippen LogP contribution in [0.4, 0.5) is 17.6 Å². The maximum absolute atomic E-state index is 13.3. The van der Waals surface area contributed by atoms with Crippen LogP contribution in [0, 0.1) is 0 Å². The van der Waals surface area contributed by atoms with Gasteiger partial charge in [-0.15, -0.1) is 0 Å². The second-order valence-corrected chi connectivity index (χ2v) is 5.87. The Morgan fingerprint density at radius 3 is 1.92 bits per heavy atom. The second-order valence-electron chi connectivity index (χ2n) is 5.87. The molecule has 0 saturated heterocycles. The molecule has 0 bridgehead atoms. The van der Waals surface area contributed by atoms with E-state index < -0.39 is 44.5 Å². The van der Waals surface area contributed by atoms with E-state index >= 15 is 0 Å². The molecule has 0 aliphatic heterocycles. The number of ether oxygens (including phenoxy) is 2. The molecule has 0 aromatic rings. The molecule has 2 atom stereocenters. The van der Waals surface area contributed by atoms with Crippen LogP contribution >= 0.6 is 0 Å². The summed E-state index contributed by atoms with van der Waals surface area (Å²) in [6.45, 7) is -2.11. The lowest BCUT2D eigenvalue weighted by atomic mass is 10.1. The quantitative estimate of drug-likeness (QED) is 0.308. The fraction of sp³-hybridized carbons (Fsp3) is 1.00. The Labute approximate surface area is 141 Å². The molecule has 146 valence electrons. The van der Waals surface area contributed by atoms with Gasteiger partial charge in [0.05, 0.1) is 38.7 Å². The van der Waals surface area contributed by atoms with Crippen molar-refractivity contribution in [2.75, 3.05) is 39.8 Å². The fourth-order valence-corrected chi connectivity index (χ4v) is 2.10. The molecule has 0 heterocycles. The first-order chi connectivity index (χ1) is 11.4. The van der Waals surface area contributed by atoms with Crippen molar-refractivity contribution in [1.29, 1.82) is 0 Å². The molecule has 0 aliphatic carbocycles. The van der Waals surface area contributed by atoms with E-state index in [2.05, 4.69) is 0 Å². The van der Waals surface area contributed by atoms with Crippen LogP contribution in [0.3, 0.4) is 0 Å². The SMILES string of the molecule is OC(CCCCC(O)COCC(F)(F)CCCCF)COCCF. The normalized spacial score (nSPS) is 14.8. The first kappa shape index (κ1) is 23.6. The van der Waals surface area contributed by atoms with Crippen molar-refractivity contribution in [3.05, 3.63) is 0 Å². The summed E-state index contributed by atoms with van der Waals surface area (Å²) in [5.74, 6) is -3.00. The lowest BCUT2D eigenvalue weighted by Crippen LogP contribution is -2.27. The Morgan fingerprint density at radius 1 is 0.792 bits per heavy atom. The minimum absolute atomic E-state index is 0.0362. The van der Waals surface area contributed by atoms with Crippen LogP contribution in [0.1, 0.15) is 44.9 Å². The van der Waals surface area contributed by atoms with Crippen molar-refractivity contribution in [3.8, 4) is 0 Å². The number of aliphatic hydroxyl groups is 2. The zero-order chi connectivity index (χ0) is 18.3. The van der Waals surface area contributed by atoms with Crippen molar-refractivity contribution in [2.45, 2.75) is 63.1 Å². The minimum atomic E-state index is -3.00. The molecule has 2 unspecified atom stereocenters. The number of hydrogen-bond donors (Lipinski definition) is 2. The third-order valence-corrected chi connectivity index (χ3v) is 3.41. The highest BCUT2D eigenvalue weighted by Gasteiger charge is 2.28. The maximum Gasteiger partial charge on any atom is 0.270 e. The average Bonchev–Trinajstić information content (AvgIpc) is 2.52. The van der Waals surface area contributed by atoms with E-state index in [1.54, 1.807) is 0 Å². The second kappa shape index (κ2) is 14.9. The van der Waals surface area contributed by atoms with Crippen molar-refractivity contribution < 1.29 is 37.2 Å². The topological polar surface area (TPSA) is 58.9 Å². The highest BCUT2D eigenvalue weighted by molar-refractivity contribution is 4.66. The van der Waals surface area contributed by atoms with Crippen LogP contribution in [-0.2, 0) is 9.47 Å². The number of rotatable bonds is 17. The van der Waals surface area contributed by atoms with Crippen LogP contribution in [0.5, 0.6) is 0 Å².